The number of aryl methyl sites for hydroxylation is 1. The molecular formula is C17H15FN2O. The van der Waals surface area contributed by atoms with Crippen LogP contribution in [0.4, 0.5) is 10.1 Å². The van der Waals surface area contributed by atoms with Gasteiger partial charge in [0.1, 0.15) is 5.82 Å². The van der Waals surface area contributed by atoms with Crippen LogP contribution in [0.25, 0.3) is 0 Å². The summed E-state index contributed by atoms with van der Waals surface area (Å²) >= 11 is 0. The van der Waals surface area contributed by atoms with Crippen LogP contribution in [-0.4, -0.2) is 12.5 Å². The van der Waals surface area contributed by atoms with E-state index in [0.717, 1.165) is 5.56 Å². The largest absolute Gasteiger partial charge is 0.320 e. The highest BCUT2D eigenvalue weighted by molar-refractivity contribution is 6.04. The van der Waals surface area contributed by atoms with Crippen LogP contribution in [0, 0.1) is 24.6 Å². The monoisotopic (exact) mass is 282 g/mol. The van der Waals surface area contributed by atoms with Gasteiger partial charge in [-0.15, -0.1) is 0 Å². The third kappa shape index (κ3) is 3.91. The van der Waals surface area contributed by atoms with Gasteiger partial charge in [-0.2, -0.15) is 0 Å². The molecular weight excluding hydrogens is 267 g/mol. The number of para-hydroxylation sites is 1. The topological polar surface area (TPSA) is 55.1 Å². The lowest BCUT2D eigenvalue weighted by molar-refractivity contribution is 0.102. The van der Waals surface area contributed by atoms with Gasteiger partial charge in [-0.05, 0) is 42.8 Å². The molecule has 0 saturated carbocycles. The summed E-state index contributed by atoms with van der Waals surface area (Å²) in [6.07, 6.45) is 0. The molecule has 2 aromatic carbocycles. The Morgan fingerprint density at radius 1 is 1.29 bits per heavy atom. The van der Waals surface area contributed by atoms with Crippen molar-refractivity contribution in [3.8, 4) is 11.8 Å². The van der Waals surface area contributed by atoms with Gasteiger partial charge in [0.15, 0.2) is 0 Å². The van der Waals surface area contributed by atoms with E-state index >= 15 is 0 Å². The molecule has 0 aliphatic heterocycles. The second-order valence-electron chi connectivity index (χ2n) is 4.53. The van der Waals surface area contributed by atoms with Crippen LogP contribution in [-0.2, 0) is 0 Å². The van der Waals surface area contributed by atoms with Crippen molar-refractivity contribution in [2.24, 2.45) is 5.73 Å². The minimum atomic E-state index is -0.471. The summed E-state index contributed by atoms with van der Waals surface area (Å²) in [5.41, 5.74) is 7.53. The van der Waals surface area contributed by atoms with Crippen molar-refractivity contribution in [1.82, 2.24) is 0 Å². The highest BCUT2D eigenvalue weighted by Gasteiger charge is 2.10. The number of rotatable bonds is 2. The van der Waals surface area contributed by atoms with Crippen LogP contribution < -0.4 is 11.1 Å². The van der Waals surface area contributed by atoms with Gasteiger partial charge in [-0.1, -0.05) is 24.0 Å². The molecule has 0 bridgehead atoms. The zero-order valence-electron chi connectivity index (χ0n) is 11.6. The number of nitrogens with two attached hydrogens (primary N) is 1. The molecule has 106 valence electrons. The number of anilines is 1. The summed E-state index contributed by atoms with van der Waals surface area (Å²) in [7, 11) is 0. The van der Waals surface area contributed by atoms with Crippen LogP contribution in [0.5, 0.6) is 0 Å². The highest BCUT2D eigenvalue weighted by Crippen LogP contribution is 2.15. The molecule has 0 aliphatic rings. The van der Waals surface area contributed by atoms with E-state index in [2.05, 4.69) is 17.2 Å². The fourth-order valence-electron chi connectivity index (χ4n) is 1.90. The summed E-state index contributed by atoms with van der Waals surface area (Å²) in [5.74, 6) is 4.78. The summed E-state index contributed by atoms with van der Waals surface area (Å²) in [6.45, 7) is 2.12. The van der Waals surface area contributed by atoms with E-state index < -0.39 is 5.82 Å². The molecule has 21 heavy (non-hydrogen) atoms. The number of benzene rings is 2. The molecule has 2 rings (SSSR count). The van der Waals surface area contributed by atoms with Crippen molar-refractivity contribution in [3.05, 3.63) is 65.0 Å². The number of carbonyl (C=O) groups is 1. The zero-order chi connectivity index (χ0) is 15.2. The lowest BCUT2D eigenvalue weighted by atomic mass is 10.1. The Morgan fingerprint density at radius 2 is 2.05 bits per heavy atom. The molecule has 0 unspecified atom stereocenters. The number of amides is 1. The smallest absolute Gasteiger partial charge is 0.255 e. The molecule has 2 aromatic rings. The Labute approximate surface area is 123 Å². The normalized spacial score (nSPS) is 9.67. The maximum absolute atomic E-state index is 13.5. The fraction of sp³-hybridized carbons (Fsp3) is 0.118. The summed E-state index contributed by atoms with van der Waals surface area (Å²) < 4.78 is 13.5. The predicted octanol–water partition coefficient (Wildman–Crippen LogP) is 2.70. The van der Waals surface area contributed by atoms with Crippen molar-refractivity contribution in [2.75, 3.05) is 11.9 Å². The first-order valence-electron chi connectivity index (χ1n) is 6.46. The maximum atomic E-state index is 13.5. The molecule has 0 heterocycles. The Kier molecular flexibility index (Phi) is 4.70. The Morgan fingerprint density at radius 3 is 2.76 bits per heavy atom. The predicted molar refractivity (Wildman–Crippen MR) is 81.5 cm³/mol. The van der Waals surface area contributed by atoms with Crippen molar-refractivity contribution in [3.63, 3.8) is 0 Å². The SMILES string of the molecule is Cc1cc(C#CCN)cc(C(=O)Nc2ccccc2F)c1. The summed E-state index contributed by atoms with van der Waals surface area (Å²) in [6, 6.07) is 11.3. The van der Waals surface area contributed by atoms with Crippen molar-refractivity contribution >= 4 is 11.6 Å². The average molecular weight is 282 g/mol. The molecule has 4 heteroatoms. The Balaban J connectivity index is 2.27. The van der Waals surface area contributed by atoms with Gasteiger partial charge in [0.2, 0.25) is 0 Å². The van der Waals surface area contributed by atoms with Gasteiger partial charge in [0.05, 0.1) is 12.2 Å². The number of nitrogens with one attached hydrogen (secondary N) is 1. The number of hydrogen-bond donors (Lipinski definition) is 2. The van der Waals surface area contributed by atoms with Gasteiger partial charge in [-0.3, -0.25) is 4.79 Å². The van der Waals surface area contributed by atoms with E-state index in [9.17, 15) is 9.18 Å². The number of hydrogen-bond acceptors (Lipinski definition) is 2. The highest BCUT2D eigenvalue weighted by atomic mass is 19.1. The van der Waals surface area contributed by atoms with Crippen molar-refractivity contribution < 1.29 is 9.18 Å². The fourth-order valence-corrected chi connectivity index (χ4v) is 1.90. The standard InChI is InChI=1S/C17H15FN2O/c1-12-9-13(5-4-8-19)11-14(10-12)17(21)20-16-7-3-2-6-15(16)18/h2-3,6-7,9-11H,8,19H2,1H3,(H,20,21). The van der Waals surface area contributed by atoms with E-state index in [4.69, 9.17) is 5.73 Å². The van der Waals surface area contributed by atoms with Crippen molar-refractivity contribution in [2.45, 2.75) is 6.92 Å². The lowest BCUT2D eigenvalue weighted by Gasteiger charge is -2.07. The van der Waals surface area contributed by atoms with Crippen LogP contribution in [0.15, 0.2) is 42.5 Å². The molecule has 0 aliphatic carbocycles. The molecule has 0 radical (unpaired) electrons. The molecule has 0 fully saturated rings. The third-order valence-corrected chi connectivity index (χ3v) is 2.80. The Bertz CT molecular complexity index is 729. The summed E-state index contributed by atoms with van der Waals surface area (Å²) in [4.78, 5) is 12.2. The van der Waals surface area contributed by atoms with Crippen LogP contribution in [0.3, 0.4) is 0 Å². The molecule has 0 atom stereocenters. The second kappa shape index (κ2) is 6.69. The second-order valence-corrected chi connectivity index (χ2v) is 4.53. The zero-order valence-corrected chi connectivity index (χ0v) is 11.6. The van der Waals surface area contributed by atoms with Crippen LogP contribution in [0.2, 0.25) is 0 Å². The maximum Gasteiger partial charge on any atom is 0.255 e. The molecule has 0 aromatic heterocycles. The van der Waals surface area contributed by atoms with Gasteiger partial charge < -0.3 is 11.1 Å². The van der Waals surface area contributed by atoms with E-state index in [1.807, 2.05) is 13.0 Å². The van der Waals surface area contributed by atoms with E-state index in [-0.39, 0.29) is 18.1 Å². The molecule has 0 spiro atoms. The van der Waals surface area contributed by atoms with Crippen molar-refractivity contribution in [1.29, 1.82) is 0 Å². The van der Waals surface area contributed by atoms with Crippen LogP contribution >= 0.6 is 0 Å². The third-order valence-electron chi connectivity index (χ3n) is 2.80. The van der Waals surface area contributed by atoms with E-state index in [0.29, 0.717) is 11.1 Å². The first-order valence-corrected chi connectivity index (χ1v) is 6.46. The van der Waals surface area contributed by atoms with E-state index in [1.54, 1.807) is 24.3 Å². The first-order chi connectivity index (χ1) is 10.1. The van der Waals surface area contributed by atoms with Gasteiger partial charge in [-0.25, -0.2) is 4.39 Å². The minimum Gasteiger partial charge on any atom is -0.320 e. The minimum absolute atomic E-state index is 0.151. The number of halogens is 1. The van der Waals surface area contributed by atoms with Crippen LogP contribution in [0.1, 0.15) is 21.5 Å². The Hall–Kier alpha value is -2.64. The molecule has 3 nitrogen and oxygen atoms in total. The lowest BCUT2D eigenvalue weighted by Crippen LogP contribution is -2.13. The summed E-state index contributed by atoms with van der Waals surface area (Å²) in [5, 5.41) is 2.55. The van der Waals surface area contributed by atoms with Gasteiger partial charge in [0.25, 0.3) is 5.91 Å². The van der Waals surface area contributed by atoms with E-state index in [1.165, 1.54) is 12.1 Å². The van der Waals surface area contributed by atoms with Gasteiger partial charge >= 0.3 is 0 Å². The molecule has 0 saturated heterocycles. The molecule has 3 N–H and O–H groups in total. The van der Waals surface area contributed by atoms with Gasteiger partial charge in [0, 0.05) is 11.1 Å². The first kappa shape index (κ1) is 14.8. The average Bonchev–Trinajstić information content (AvgIpc) is 2.47. The number of carbonyl (C=O) groups excluding carboxylic acids is 1. The molecule has 1 amide bonds. The quantitative estimate of drug-likeness (QED) is 0.832.